The van der Waals surface area contributed by atoms with E-state index in [2.05, 4.69) is 4.98 Å². The fourth-order valence-electron chi connectivity index (χ4n) is 2.61. The maximum Gasteiger partial charge on any atom is 0.251 e. The van der Waals surface area contributed by atoms with E-state index in [0.717, 1.165) is 5.56 Å². The first-order valence-corrected chi connectivity index (χ1v) is 7.86. The van der Waals surface area contributed by atoms with Crippen LogP contribution in [0.2, 0.25) is 0 Å². The molecule has 0 amide bonds. The Kier molecular flexibility index (Phi) is 4.91. The van der Waals surface area contributed by atoms with Gasteiger partial charge < -0.3 is 14.6 Å². The Balaban J connectivity index is 1.65. The Labute approximate surface area is 142 Å². The standard InChI is InChI=1S/C16H17FN2O4S/c17-16(10-22-9-11-4-2-1-3-5-11)8-12(20)14(23-16)19-7-6-13(21)18-15(19)24/h1-7,12,14,20H,8-10H2,(H,18,21,24)/t12-,14?,16+/m1/s1. The molecule has 1 aliphatic rings. The number of aliphatic hydroxyl groups excluding tert-OH is 1. The number of hydrogen-bond donors (Lipinski definition) is 2. The zero-order chi connectivity index (χ0) is 17.2. The summed E-state index contributed by atoms with van der Waals surface area (Å²) in [5.74, 6) is -2.12. The van der Waals surface area contributed by atoms with E-state index in [9.17, 15) is 14.3 Å². The van der Waals surface area contributed by atoms with Gasteiger partial charge in [0.05, 0.1) is 6.61 Å². The lowest BCUT2D eigenvalue weighted by Crippen LogP contribution is -2.29. The second-order valence-corrected chi connectivity index (χ2v) is 6.05. The predicted octanol–water partition coefficient (Wildman–Crippen LogP) is 2.07. The van der Waals surface area contributed by atoms with Crippen molar-refractivity contribution in [3.8, 4) is 0 Å². The maximum absolute atomic E-state index is 14.8. The lowest BCUT2D eigenvalue weighted by Gasteiger charge is -2.21. The summed E-state index contributed by atoms with van der Waals surface area (Å²) in [5, 5.41) is 10.1. The van der Waals surface area contributed by atoms with E-state index >= 15 is 0 Å². The minimum absolute atomic E-state index is 0.0565. The van der Waals surface area contributed by atoms with Crippen LogP contribution < -0.4 is 5.56 Å². The van der Waals surface area contributed by atoms with E-state index < -0.39 is 18.2 Å². The third-order valence-corrected chi connectivity index (χ3v) is 4.04. The molecule has 0 aliphatic carbocycles. The summed E-state index contributed by atoms with van der Waals surface area (Å²) in [6.07, 6.45) is -0.994. The van der Waals surface area contributed by atoms with Gasteiger partial charge in [-0.05, 0) is 17.8 Å². The van der Waals surface area contributed by atoms with Crippen LogP contribution in [0.15, 0.2) is 47.4 Å². The zero-order valence-corrected chi connectivity index (χ0v) is 13.5. The molecule has 1 aliphatic heterocycles. The third-order valence-electron chi connectivity index (χ3n) is 3.73. The van der Waals surface area contributed by atoms with Gasteiger partial charge in [0.2, 0.25) is 5.85 Å². The van der Waals surface area contributed by atoms with Crippen LogP contribution in [-0.2, 0) is 16.1 Å². The number of H-pyrrole nitrogens is 1. The molecule has 1 aromatic heterocycles. The lowest BCUT2D eigenvalue weighted by atomic mass is 10.1. The second kappa shape index (κ2) is 6.94. The van der Waals surface area contributed by atoms with Crippen molar-refractivity contribution in [2.45, 2.75) is 31.2 Å². The van der Waals surface area contributed by atoms with Gasteiger partial charge in [-0.15, -0.1) is 0 Å². The van der Waals surface area contributed by atoms with Crippen molar-refractivity contribution in [1.82, 2.24) is 9.55 Å². The number of nitrogens with zero attached hydrogens (tertiary/aromatic N) is 1. The number of aromatic amines is 1. The number of hydrogen-bond acceptors (Lipinski definition) is 5. The van der Waals surface area contributed by atoms with Gasteiger partial charge in [-0.25, -0.2) is 4.39 Å². The lowest BCUT2D eigenvalue weighted by molar-refractivity contribution is -0.192. The summed E-state index contributed by atoms with van der Waals surface area (Å²) >= 11 is 5.02. The van der Waals surface area contributed by atoms with Crippen LogP contribution in [0.1, 0.15) is 18.2 Å². The summed E-state index contributed by atoms with van der Waals surface area (Å²) < 4.78 is 26.9. The van der Waals surface area contributed by atoms with Gasteiger partial charge >= 0.3 is 0 Å². The Hall–Kier alpha value is -1.87. The highest BCUT2D eigenvalue weighted by molar-refractivity contribution is 7.71. The van der Waals surface area contributed by atoms with Crippen molar-refractivity contribution in [2.24, 2.45) is 0 Å². The molecule has 6 nitrogen and oxygen atoms in total. The number of halogens is 1. The Morgan fingerprint density at radius 1 is 1.42 bits per heavy atom. The van der Waals surface area contributed by atoms with Crippen molar-refractivity contribution in [1.29, 1.82) is 0 Å². The molecule has 0 bridgehead atoms. The molecule has 0 saturated carbocycles. The topological polar surface area (TPSA) is 76.5 Å². The number of ether oxygens (including phenoxy) is 2. The normalized spacial score (nSPS) is 26.6. The largest absolute Gasteiger partial charge is 0.388 e. The van der Waals surface area contributed by atoms with Crippen molar-refractivity contribution in [3.63, 3.8) is 0 Å². The Morgan fingerprint density at radius 3 is 2.88 bits per heavy atom. The highest BCUT2D eigenvalue weighted by Gasteiger charge is 2.47. The van der Waals surface area contributed by atoms with E-state index in [-0.39, 0.29) is 30.0 Å². The molecular formula is C16H17FN2O4S. The summed E-state index contributed by atoms with van der Waals surface area (Å²) in [7, 11) is 0. The van der Waals surface area contributed by atoms with E-state index in [0.29, 0.717) is 0 Å². The molecular weight excluding hydrogens is 335 g/mol. The quantitative estimate of drug-likeness (QED) is 0.806. The first kappa shape index (κ1) is 17.0. The molecule has 2 heterocycles. The molecule has 128 valence electrons. The average molecular weight is 352 g/mol. The fourth-order valence-corrected chi connectivity index (χ4v) is 2.88. The van der Waals surface area contributed by atoms with Crippen molar-refractivity contribution in [2.75, 3.05) is 6.61 Å². The minimum atomic E-state index is -2.12. The number of alkyl halides is 1. The van der Waals surface area contributed by atoms with Gasteiger partial charge in [0.1, 0.15) is 12.7 Å². The van der Waals surface area contributed by atoms with Gasteiger partial charge in [0.25, 0.3) is 5.56 Å². The minimum Gasteiger partial charge on any atom is -0.388 e. The zero-order valence-electron chi connectivity index (χ0n) is 12.7. The van der Waals surface area contributed by atoms with Crippen LogP contribution in [0, 0.1) is 4.77 Å². The van der Waals surface area contributed by atoms with E-state index in [1.165, 1.54) is 16.8 Å². The van der Waals surface area contributed by atoms with Crippen LogP contribution in [0.5, 0.6) is 0 Å². The molecule has 1 fully saturated rings. The number of aliphatic hydroxyl groups is 1. The SMILES string of the molecule is O=c1ccn(C2O[C@](F)(COCc3ccccc3)C[C@H]2O)c(=S)[nH]1. The van der Waals surface area contributed by atoms with Crippen molar-refractivity contribution in [3.05, 3.63) is 63.3 Å². The van der Waals surface area contributed by atoms with Crippen molar-refractivity contribution >= 4 is 12.2 Å². The smallest absolute Gasteiger partial charge is 0.251 e. The van der Waals surface area contributed by atoms with Gasteiger partial charge in [-0.3, -0.25) is 14.3 Å². The molecule has 3 atom stereocenters. The number of nitrogens with one attached hydrogen (secondary N) is 1. The van der Waals surface area contributed by atoms with Crippen LogP contribution in [-0.4, -0.2) is 33.2 Å². The van der Waals surface area contributed by atoms with Crippen LogP contribution in [0.3, 0.4) is 0 Å². The van der Waals surface area contributed by atoms with Crippen LogP contribution in [0.25, 0.3) is 0 Å². The maximum atomic E-state index is 14.8. The van der Waals surface area contributed by atoms with Crippen LogP contribution >= 0.6 is 12.2 Å². The van der Waals surface area contributed by atoms with Gasteiger partial charge in [-0.1, -0.05) is 30.3 Å². The van der Waals surface area contributed by atoms with Gasteiger partial charge in [0.15, 0.2) is 11.0 Å². The van der Waals surface area contributed by atoms with E-state index in [1.54, 1.807) is 0 Å². The average Bonchev–Trinajstić information content (AvgIpc) is 2.83. The second-order valence-electron chi connectivity index (χ2n) is 5.66. The third kappa shape index (κ3) is 3.78. The number of aromatic nitrogens is 2. The molecule has 1 aromatic carbocycles. The van der Waals surface area contributed by atoms with E-state index in [1.807, 2.05) is 30.3 Å². The van der Waals surface area contributed by atoms with Gasteiger partial charge in [0, 0.05) is 18.7 Å². The van der Waals surface area contributed by atoms with E-state index in [4.69, 9.17) is 21.7 Å². The fraction of sp³-hybridized carbons (Fsp3) is 0.375. The van der Waals surface area contributed by atoms with Gasteiger partial charge in [-0.2, -0.15) is 0 Å². The first-order chi connectivity index (χ1) is 11.5. The molecule has 1 unspecified atom stereocenters. The highest BCUT2D eigenvalue weighted by Crippen LogP contribution is 2.38. The molecule has 1 saturated heterocycles. The first-order valence-electron chi connectivity index (χ1n) is 7.45. The van der Waals surface area contributed by atoms with Crippen molar-refractivity contribution < 1.29 is 19.0 Å². The predicted molar refractivity (Wildman–Crippen MR) is 86.6 cm³/mol. The molecule has 0 spiro atoms. The summed E-state index contributed by atoms with van der Waals surface area (Å²) in [5.41, 5.74) is 0.542. The molecule has 2 aromatic rings. The summed E-state index contributed by atoms with van der Waals surface area (Å²) in [6.45, 7) is -0.0686. The number of rotatable bonds is 5. The Bertz CT molecular complexity index is 809. The monoisotopic (exact) mass is 352 g/mol. The highest BCUT2D eigenvalue weighted by atomic mass is 32.1. The molecule has 8 heteroatoms. The molecule has 2 N–H and O–H groups in total. The molecule has 3 rings (SSSR count). The van der Waals surface area contributed by atoms with Crippen LogP contribution in [0.4, 0.5) is 4.39 Å². The molecule has 0 radical (unpaired) electrons. The number of benzene rings is 1. The molecule has 24 heavy (non-hydrogen) atoms. The Morgan fingerprint density at radius 2 is 2.17 bits per heavy atom. The summed E-state index contributed by atoms with van der Waals surface area (Å²) in [4.78, 5) is 13.6. The summed E-state index contributed by atoms with van der Waals surface area (Å²) in [6, 6.07) is 10.6.